The Hall–Kier alpha value is -3.71. The van der Waals surface area contributed by atoms with Gasteiger partial charge in [0.2, 0.25) is 0 Å². The van der Waals surface area contributed by atoms with Crippen molar-refractivity contribution in [2.75, 3.05) is 6.61 Å². The van der Waals surface area contributed by atoms with Crippen LogP contribution in [0.5, 0.6) is 5.75 Å². The molecule has 6 nitrogen and oxygen atoms in total. The van der Waals surface area contributed by atoms with E-state index in [1.54, 1.807) is 12.1 Å². The largest absolute Gasteiger partial charge is 0.484 e. The van der Waals surface area contributed by atoms with E-state index in [1.807, 2.05) is 66.7 Å². The Labute approximate surface area is 199 Å². The molecule has 0 saturated carbocycles. The number of carbonyl (C=O) groups excluding carboxylic acids is 2. The van der Waals surface area contributed by atoms with Crippen molar-refractivity contribution >= 4 is 29.1 Å². The number of hydrogen-bond acceptors (Lipinski definition) is 4. The number of hydrogen-bond donors (Lipinski definition) is 3. The van der Waals surface area contributed by atoms with E-state index < -0.39 is 5.91 Å². The van der Waals surface area contributed by atoms with Gasteiger partial charge in [0.25, 0.3) is 11.8 Å². The Bertz CT molecular complexity index is 1080. The molecule has 3 N–H and O–H groups in total. The molecular formula is C26H27N3O3S. The van der Waals surface area contributed by atoms with E-state index in [2.05, 4.69) is 30.0 Å². The predicted molar refractivity (Wildman–Crippen MR) is 134 cm³/mol. The van der Waals surface area contributed by atoms with Gasteiger partial charge in [-0.25, -0.2) is 0 Å². The fraction of sp³-hybridized carbons (Fsp3) is 0.192. The smallest absolute Gasteiger partial charge is 0.276 e. The fourth-order valence-electron chi connectivity index (χ4n) is 3.09. The molecule has 0 fully saturated rings. The highest BCUT2D eigenvalue weighted by atomic mass is 32.1. The minimum atomic E-state index is -0.426. The molecule has 0 saturated heterocycles. The molecule has 0 spiro atoms. The number of amides is 2. The first-order valence-corrected chi connectivity index (χ1v) is 11.2. The standard InChI is InChI=1S/C26H27N3O3S/c1-3-18(2)19-13-15-23(16-14-19)32-17-24(30)28-29-26(33)27-25(31)22-11-9-21(10-12-22)20-7-5-4-6-8-20/h4-16,18H,3,17H2,1-2H3,(H,28,30)(H2,27,29,31,33)/t18-/m0/s1. The molecule has 0 bridgehead atoms. The molecule has 7 heteroatoms. The van der Waals surface area contributed by atoms with E-state index in [-0.39, 0.29) is 17.6 Å². The van der Waals surface area contributed by atoms with Crippen molar-refractivity contribution in [1.82, 2.24) is 16.2 Å². The maximum absolute atomic E-state index is 12.4. The Balaban J connectivity index is 1.41. The topological polar surface area (TPSA) is 79.5 Å². The maximum Gasteiger partial charge on any atom is 0.276 e. The molecule has 3 rings (SSSR count). The molecule has 0 aliphatic heterocycles. The van der Waals surface area contributed by atoms with Gasteiger partial charge in [0, 0.05) is 5.56 Å². The Morgan fingerprint density at radius 1 is 0.879 bits per heavy atom. The third-order valence-electron chi connectivity index (χ3n) is 5.23. The van der Waals surface area contributed by atoms with Crippen molar-refractivity contribution in [3.8, 4) is 16.9 Å². The van der Waals surface area contributed by atoms with Crippen LogP contribution in [-0.4, -0.2) is 23.5 Å². The quantitative estimate of drug-likeness (QED) is 0.355. The fourth-order valence-corrected chi connectivity index (χ4v) is 3.23. The molecule has 0 unspecified atom stereocenters. The molecule has 0 aliphatic carbocycles. The molecule has 33 heavy (non-hydrogen) atoms. The number of ether oxygens (including phenoxy) is 1. The summed E-state index contributed by atoms with van der Waals surface area (Å²) in [6.45, 7) is 4.12. The molecule has 0 heterocycles. The minimum absolute atomic E-state index is 0.0154. The van der Waals surface area contributed by atoms with Crippen LogP contribution in [0.15, 0.2) is 78.9 Å². The van der Waals surface area contributed by atoms with Gasteiger partial charge in [-0.2, -0.15) is 0 Å². The third kappa shape index (κ3) is 7.15. The van der Waals surface area contributed by atoms with Crippen LogP contribution in [-0.2, 0) is 4.79 Å². The first kappa shape index (κ1) is 23.9. The van der Waals surface area contributed by atoms with Gasteiger partial charge < -0.3 is 4.74 Å². The lowest BCUT2D eigenvalue weighted by atomic mass is 9.99. The van der Waals surface area contributed by atoms with E-state index in [4.69, 9.17) is 17.0 Å². The van der Waals surface area contributed by atoms with Gasteiger partial charge in [-0.1, -0.05) is 68.4 Å². The molecular weight excluding hydrogens is 434 g/mol. The van der Waals surface area contributed by atoms with E-state index in [0.717, 1.165) is 17.5 Å². The molecule has 2 amide bonds. The molecule has 1 atom stereocenters. The van der Waals surface area contributed by atoms with Crippen molar-refractivity contribution in [3.63, 3.8) is 0 Å². The zero-order valence-corrected chi connectivity index (χ0v) is 19.4. The SMILES string of the molecule is CC[C@H](C)c1ccc(OCC(=O)NNC(=S)NC(=O)c2ccc(-c3ccccc3)cc2)cc1. The van der Waals surface area contributed by atoms with E-state index in [0.29, 0.717) is 17.2 Å². The molecule has 0 aliphatic rings. The van der Waals surface area contributed by atoms with Gasteiger partial charge in [-0.05, 0) is 65.5 Å². The summed E-state index contributed by atoms with van der Waals surface area (Å²) in [5, 5.41) is 2.52. The first-order valence-electron chi connectivity index (χ1n) is 10.7. The summed E-state index contributed by atoms with van der Waals surface area (Å²) in [6, 6.07) is 24.7. The van der Waals surface area contributed by atoms with Crippen LogP contribution in [0.4, 0.5) is 0 Å². The number of thiocarbonyl (C=S) groups is 1. The van der Waals surface area contributed by atoms with Gasteiger partial charge in [0.05, 0.1) is 0 Å². The Morgan fingerprint density at radius 2 is 1.52 bits per heavy atom. The van der Waals surface area contributed by atoms with Crippen molar-refractivity contribution < 1.29 is 14.3 Å². The summed E-state index contributed by atoms with van der Waals surface area (Å²) >= 11 is 5.08. The van der Waals surface area contributed by atoms with Crippen LogP contribution in [0.1, 0.15) is 42.1 Å². The zero-order valence-electron chi connectivity index (χ0n) is 18.6. The van der Waals surface area contributed by atoms with Crippen LogP contribution in [0, 0.1) is 0 Å². The Kier molecular flexibility index (Phi) is 8.55. The van der Waals surface area contributed by atoms with Crippen LogP contribution in [0.3, 0.4) is 0 Å². The van der Waals surface area contributed by atoms with E-state index in [9.17, 15) is 9.59 Å². The molecule has 3 aromatic rings. The van der Waals surface area contributed by atoms with Crippen LogP contribution in [0.25, 0.3) is 11.1 Å². The highest BCUT2D eigenvalue weighted by Crippen LogP contribution is 2.21. The van der Waals surface area contributed by atoms with E-state index in [1.165, 1.54) is 5.56 Å². The van der Waals surface area contributed by atoms with Crippen LogP contribution >= 0.6 is 12.2 Å². The number of nitrogens with one attached hydrogen (secondary N) is 3. The molecule has 3 aromatic carbocycles. The van der Waals surface area contributed by atoms with Gasteiger partial charge in [-0.3, -0.25) is 25.8 Å². The molecule has 0 aromatic heterocycles. The van der Waals surface area contributed by atoms with Crippen molar-refractivity contribution in [2.24, 2.45) is 0 Å². The summed E-state index contributed by atoms with van der Waals surface area (Å²) in [5.74, 6) is 0.278. The lowest BCUT2D eigenvalue weighted by Crippen LogP contribution is -2.49. The summed E-state index contributed by atoms with van der Waals surface area (Å²) in [5.41, 5.74) is 8.68. The summed E-state index contributed by atoms with van der Waals surface area (Å²) in [7, 11) is 0. The predicted octanol–water partition coefficient (Wildman–Crippen LogP) is 4.58. The summed E-state index contributed by atoms with van der Waals surface area (Å²) < 4.78 is 5.48. The highest BCUT2D eigenvalue weighted by molar-refractivity contribution is 7.80. The van der Waals surface area contributed by atoms with Crippen molar-refractivity contribution in [1.29, 1.82) is 0 Å². The number of hydrazine groups is 1. The second kappa shape index (κ2) is 11.8. The maximum atomic E-state index is 12.4. The van der Waals surface area contributed by atoms with Crippen molar-refractivity contribution in [3.05, 3.63) is 90.0 Å². The zero-order chi connectivity index (χ0) is 23.6. The van der Waals surface area contributed by atoms with Gasteiger partial charge >= 0.3 is 0 Å². The normalized spacial score (nSPS) is 11.2. The van der Waals surface area contributed by atoms with Gasteiger partial charge in [-0.15, -0.1) is 0 Å². The average Bonchev–Trinajstić information content (AvgIpc) is 2.86. The van der Waals surface area contributed by atoms with Gasteiger partial charge in [0.15, 0.2) is 11.7 Å². The van der Waals surface area contributed by atoms with Crippen molar-refractivity contribution in [2.45, 2.75) is 26.2 Å². The second-order valence-electron chi connectivity index (χ2n) is 7.57. The number of benzene rings is 3. The minimum Gasteiger partial charge on any atom is -0.484 e. The molecule has 0 radical (unpaired) electrons. The van der Waals surface area contributed by atoms with E-state index >= 15 is 0 Å². The summed E-state index contributed by atoms with van der Waals surface area (Å²) in [4.78, 5) is 24.4. The van der Waals surface area contributed by atoms with Crippen LogP contribution in [0.2, 0.25) is 0 Å². The lowest BCUT2D eigenvalue weighted by molar-refractivity contribution is -0.123. The Morgan fingerprint density at radius 3 is 2.15 bits per heavy atom. The monoisotopic (exact) mass is 461 g/mol. The lowest BCUT2D eigenvalue weighted by Gasteiger charge is -2.12. The third-order valence-corrected chi connectivity index (χ3v) is 5.43. The number of carbonyl (C=O) groups is 2. The highest BCUT2D eigenvalue weighted by Gasteiger charge is 2.10. The first-order chi connectivity index (χ1) is 16.0. The van der Waals surface area contributed by atoms with Gasteiger partial charge in [0.1, 0.15) is 5.75 Å². The average molecular weight is 462 g/mol. The number of rotatable bonds is 7. The second-order valence-corrected chi connectivity index (χ2v) is 7.98. The van der Waals surface area contributed by atoms with Crippen LogP contribution < -0.4 is 20.9 Å². The molecule has 170 valence electrons. The summed E-state index contributed by atoms with van der Waals surface area (Å²) in [6.07, 6.45) is 1.06.